The molecule has 0 aliphatic heterocycles. The summed E-state index contributed by atoms with van der Waals surface area (Å²) in [6.07, 6.45) is -3.06. The summed E-state index contributed by atoms with van der Waals surface area (Å²) in [4.78, 5) is 11.7. The highest BCUT2D eigenvalue weighted by Crippen LogP contribution is 2.26. The average Bonchev–Trinajstić information content (AvgIpc) is 2.29. The number of hydrogen-bond donors (Lipinski definition) is 2. The zero-order valence-electron chi connectivity index (χ0n) is 9.90. The zero-order chi connectivity index (χ0) is 13.7. The van der Waals surface area contributed by atoms with Gasteiger partial charge in [0, 0.05) is 6.54 Å². The third-order valence-electron chi connectivity index (χ3n) is 3.03. The summed E-state index contributed by atoms with van der Waals surface area (Å²) in [6.45, 7) is 2.01. The number of carbonyl (C=O) groups excluding carboxylic acids is 1. The van der Waals surface area contributed by atoms with Crippen molar-refractivity contribution < 1.29 is 22.4 Å². The molecule has 0 aromatic carbocycles. The summed E-state index contributed by atoms with van der Waals surface area (Å²) < 4.78 is 49.0. The van der Waals surface area contributed by atoms with E-state index in [0.29, 0.717) is 12.8 Å². The zero-order valence-corrected chi connectivity index (χ0v) is 9.90. The van der Waals surface area contributed by atoms with Gasteiger partial charge < -0.3 is 11.1 Å². The Labute approximate surface area is 97.7 Å². The number of halogens is 4. The first kappa shape index (κ1) is 16.1. The van der Waals surface area contributed by atoms with Crippen LogP contribution in [0, 0.1) is 5.41 Å². The van der Waals surface area contributed by atoms with Gasteiger partial charge in [0.25, 0.3) is 0 Å². The van der Waals surface area contributed by atoms with Gasteiger partial charge in [-0.05, 0) is 12.8 Å². The molecule has 0 saturated carbocycles. The molecule has 0 atom stereocenters. The van der Waals surface area contributed by atoms with Crippen LogP contribution in [0.5, 0.6) is 0 Å². The second-order valence-corrected chi connectivity index (χ2v) is 3.94. The maximum Gasteiger partial charge on any atom is 0.324 e. The van der Waals surface area contributed by atoms with Gasteiger partial charge in [-0.3, -0.25) is 4.79 Å². The van der Waals surface area contributed by atoms with Gasteiger partial charge in [-0.1, -0.05) is 13.8 Å². The van der Waals surface area contributed by atoms with Crippen molar-refractivity contribution in [2.45, 2.75) is 39.0 Å². The van der Waals surface area contributed by atoms with Crippen molar-refractivity contribution in [2.24, 2.45) is 11.1 Å². The summed E-state index contributed by atoms with van der Waals surface area (Å²) in [5.74, 6) is -4.91. The van der Waals surface area contributed by atoms with Gasteiger partial charge in [0.1, 0.15) is 0 Å². The fourth-order valence-electron chi connectivity index (χ4n) is 1.42. The second-order valence-electron chi connectivity index (χ2n) is 3.94. The van der Waals surface area contributed by atoms with Gasteiger partial charge in [-0.2, -0.15) is 8.78 Å². The lowest BCUT2D eigenvalue weighted by Crippen LogP contribution is -2.49. The van der Waals surface area contributed by atoms with Crippen LogP contribution in [0.1, 0.15) is 26.7 Å². The normalized spacial score (nSPS) is 12.9. The van der Waals surface area contributed by atoms with E-state index in [1.165, 1.54) is 0 Å². The van der Waals surface area contributed by atoms with Crippen LogP contribution in [0.25, 0.3) is 0 Å². The van der Waals surface area contributed by atoms with Gasteiger partial charge in [-0.25, -0.2) is 8.78 Å². The first-order valence-electron chi connectivity index (χ1n) is 5.40. The molecule has 3 N–H and O–H groups in total. The van der Waals surface area contributed by atoms with E-state index in [0.717, 1.165) is 0 Å². The summed E-state index contributed by atoms with van der Waals surface area (Å²) in [5, 5.41) is 1.85. The van der Waals surface area contributed by atoms with E-state index >= 15 is 0 Å². The fourth-order valence-corrected chi connectivity index (χ4v) is 1.42. The van der Waals surface area contributed by atoms with Gasteiger partial charge in [0.15, 0.2) is 0 Å². The molecule has 0 radical (unpaired) electrons. The van der Waals surface area contributed by atoms with Crippen LogP contribution >= 0.6 is 0 Å². The van der Waals surface area contributed by atoms with Crippen molar-refractivity contribution in [1.29, 1.82) is 0 Å². The van der Waals surface area contributed by atoms with E-state index < -0.39 is 30.2 Å². The Kier molecular flexibility index (Phi) is 5.87. The molecule has 0 heterocycles. The standard InChI is InChI=1S/C10H18F4N2O/c1-3-9(4-2,5-15)8(17)16-6-10(13,14)7(11)12/h7H,3-6,15H2,1-2H3,(H,16,17). The highest BCUT2D eigenvalue weighted by molar-refractivity contribution is 5.82. The summed E-state index contributed by atoms with van der Waals surface area (Å²) >= 11 is 0. The fraction of sp³-hybridized carbons (Fsp3) is 0.900. The lowest BCUT2D eigenvalue weighted by atomic mass is 9.81. The molecule has 0 unspecified atom stereocenters. The van der Waals surface area contributed by atoms with Crippen LogP contribution in [0.3, 0.4) is 0 Å². The van der Waals surface area contributed by atoms with Crippen molar-refractivity contribution in [2.75, 3.05) is 13.1 Å². The van der Waals surface area contributed by atoms with Crippen LogP contribution in [0.2, 0.25) is 0 Å². The number of carbonyl (C=O) groups is 1. The lowest BCUT2D eigenvalue weighted by molar-refractivity contribution is -0.142. The Bertz CT molecular complexity index is 246. The summed E-state index contributed by atoms with van der Waals surface area (Å²) in [5.41, 5.74) is 4.47. The molecule has 0 aliphatic rings. The lowest BCUT2D eigenvalue weighted by Gasteiger charge is -2.29. The Morgan fingerprint density at radius 1 is 1.29 bits per heavy atom. The molecule has 0 aromatic rings. The first-order chi connectivity index (χ1) is 7.75. The molecular weight excluding hydrogens is 240 g/mol. The average molecular weight is 258 g/mol. The van der Waals surface area contributed by atoms with Gasteiger partial charge in [0.05, 0.1) is 12.0 Å². The topological polar surface area (TPSA) is 55.1 Å². The molecule has 0 rings (SSSR count). The molecule has 102 valence electrons. The summed E-state index contributed by atoms with van der Waals surface area (Å²) in [7, 11) is 0. The monoisotopic (exact) mass is 258 g/mol. The molecule has 17 heavy (non-hydrogen) atoms. The van der Waals surface area contributed by atoms with E-state index in [2.05, 4.69) is 0 Å². The molecule has 0 aliphatic carbocycles. The van der Waals surface area contributed by atoms with Crippen molar-refractivity contribution in [1.82, 2.24) is 5.32 Å². The predicted molar refractivity (Wildman–Crippen MR) is 56.0 cm³/mol. The maximum absolute atomic E-state index is 12.6. The van der Waals surface area contributed by atoms with E-state index in [1.54, 1.807) is 13.8 Å². The molecule has 7 heteroatoms. The van der Waals surface area contributed by atoms with Crippen LogP contribution in [-0.4, -0.2) is 31.3 Å². The smallest absolute Gasteiger partial charge is 0.324 e. The molecule has 0 saturated heterocycles. The van der Waals surface area contributed by atoms with Crippen LogP contribution in [0.4, 0.5) is 17.6 Å². The van der Waals surface area contributed by atoms with E-state index in [1.807, 2.05) is 5.32 Å². The van der Waals surface area contributed by atoms with Crippen molar-refractivity contribution in [3.8, 4) is 0 Å². The van der Waals surface area contributed by atoms with Gasteiger partial charge in [-0.15, -0.1) is 0 Å². The number of nitrogens with two attached hydrogens (primary N) is 1. The van der Waals surface area contributed by atoms with Crippen molar-refractivity contribution >= 4 is 5.91 Å². The van der Waals surface area contributed by atoms with Gasteiger partial charge in [0.2, 0.25) is 5.91 Å². The van der Waals surface area contributed by atoms with Gasteiger partial charge >= 0.3 is 12.3 Å². The third-order valence-corrected chi connectivity index (χ3v) is 3.03. The van der Waals surface area contributed by atoms with E-state index in [9.17, 15) is 22.4 Å². The Balaban J connectivity index is 4.54. The van der Waals surface area contributed by atoms with Crippen LogP contribution in [-0.2, 0) is 4.79 Å². The highest BCUT2D eigenvalue weighted by Gasteiger charge is 2.42. The Hall–Kier alpha value is -0.850. The number of amides is 1. The molecule has 1 amide bonds. The molecule has 0 spiro atoms. The van der Waals surface area contributed by atoms with E-state index in [4.69, 9.17) is 5.73 Å². The number of alkyl halides is 4. The number of hydrogen-bond acceptors (Lipinski definition) is 2. The number of nitrogens with one attached hydrogen (secondary N) is 1. The minimum absolute atomic E-state index is 0.00785. The molecule has 0 fully saturated rings. The van der Waals surface area contributed by atoms with E-state index in [-0.39, 0.29) is 6.54 Å². The largest absolute Gasteiger partial charge is 0.349 e. The number of rotatable bonds is 7. The van der Waals surface area contributed by atoms with Crippen LogP contribution < -0.4 is 11.1 Å². The second kappa shape index (κ2) is 6.18. The molecular formula is C10H18F4N2O. The SMILES string of the molecule is CCC(CC)(CN)C(=O)NCC(F)(F)C(F)F. The quantitative estimate of drug-likeness (QED) is 0.684. The summed E-state index contributed by atoms with van der Waals surface area (Å²) in [6, 6.07) is 0. The molecule has 0 aromatic heterocycles. The van der Waals surface area contributed by atoms with Crippen LogP contribution in [0.15, 0.2) is 0 Å². The third kappa shape index (κ3) is 3.83. The van der Waals surface area contributed by atoms with Crippen molar-refractivity contribution in [3.63, 3.8) is 0 Å². The first-order valence-corrected chi connectivity index (χ1v) is 5.40. The minimum Gasteiger partial charge on any atom is -0.349 e. The minimum atomic E-state index is -4.21. The molecule has 0 bridgehead atoms. The Morgan fingerprint density at radius 3 is 2.06 bits per heavy atom. The Morgan fingerprint density at radius 2 is 1.76 bits per heavy atom. The maximum atomic E-state index is 12.6. The van der Waals surface area contributed by atoms with Crippen molar-refractivity contribution in [3.05, 3.63) is 0 Å². The predicted octanol–water partition coefficient (Wildman–Crippen LogP) is 1.77. The highest BCUT2D eigenvalue weighted by atomic mass is 19.3. The molecule has 3 nitrogen and oxygen atoms in total.